The molecule has 0 aliphatic carbocycles. The molecule has 0 spiro atoms. The normalized spacial score (nSPS) is 18.6. The summed E-state index contributed by atoms with van der Waals surface area (Å²) in [5.74, 6) is 0. The Kier molecular flexibility index (Phi) is 10.5. The third-order valence-corrected chi connectivity index (χ3v) is 4.24. The van der Waals surface area contributed by atoms with Crippen LogP contribution >= 0.6 is 12.4 Å². The second kappa shape index (κ2) is 12.1. The zero-order valence-electron chi connectivity index (χ0n) is 14.5. The Morgan fingerprint density at radius 1 is 1.04 bits per heavy atom. The zero-order chi connectivity index (χ0) is 17.2. The molecule has 142 valence electrons. The smallest absolute Gasteiger partial charge is 0.410 e. The van der Waals surface area contributed by atoms with Crippen molar-refractivity contribution in [2.45, 2.75) is 44.5 Å². The lowest BCUT2D eigenvalue weighted by atomic mass is 10.1. The second-order valence-electron chi connectivity index (χ2n) is 6.24. The highest BCUT2D eigenvalue weighted by atomic mass is 35.5. The van der Waals surface area contributed by atoms with Crippen molar-refractivity contribution in [3.05, 3.63) is 35.9 Å². The molecule has 2 aliphatic heterocycles. The second-order valence-corrected chi connectivity index (χ2v) is 6.24. The van der Waals surface area contributed by atoms with Crippen LogP contribution in [0.2, 0.25) is 0 Å². The number of hydrogen-bond donors (Lipinski definition) is 3. The molecule has 0 bridgehead atoms. The fraction of sp³-hybridized carbons (Fsp3) is 0.611. The van der Waals surface area contributed by atoms with Gasteiger partial charge in [0.2, 0.25) is 0 Å². The Hall–Kier alpha value is -1.34. The molecule has 3 N–H and O–H groups in total. The molecule has 2 heterocycles. The molecule has 0 unspecified atom stereocenters. The first-order chi connectivity index (χ1) is 11.6. The van der Waals surface area contributed by atoms with Gasteiger partial charge in [-0.3, -0.25) is 0 Å². The first kappa shape index (κ1) is 21.7. The van der Waals surface area contributed by atoms with Crippen molar-refractivity contribution in [2.24, 2.45) is 0 Å². The maximum Gasteiger partial charge on any atom is 0.410 e. The van der Waals surface area contributed by atoms with Gasteiger partial charge >= 0.3 is 6.09 Å². The molecule has 0 radical (unpaired) electrons. The molecular formula is C18H29ClN2O4. The third-order valence-electron chi connectivity index (χ3n) is 4.24. The van der Waals surface area contributed by atoms with Gasteiger partial charge in [-0.2, -0.15) is 0 Å². The van der Waals surface area contributed by atoms with E-state index in [1.807, 2.05) is 30.3 Å². The average molecular weight is 373 g/mol. The van der Waals surface area contributed by atoms with Crippen LogP contribution in [-0.2, 0) is 11.3 Å². The van der Waals surface area contributed by atoms with Crippen molar-refractivity contribution in [3.63, 3.8) is 0 Å². The van der Waals surface area contributed by atoms with E-state index < -0.39 is 0 Å². The molecule has 1 amide bonds. The van der Waals surface area contributed by atoms with Crippen molar-refractivity contribution in [2.75, 3.05) is 26.2 Å². The molecule has 2 saturated heterocycles. The number of aliphatic hydroxyl groups is 2. The molecule has 7 heteroatoms. The van der Waals surface area contributed by atoms with Crippen molar-refractivity contribution in [3.8, 4) is 0 Å². The number of piperidine rings is 2. The highest BCUT2D eigenvalue weighted by molar-refractivity contribution is 5.85. The lowest BCUT2D eigenvalue weighted by Crippen LogP contribution is -2.40. The predicted octanol–water partition coefficient (Wildman–Crippen LogP) is 1.93. The fourth-order valence-electron chi connectivity index (χ4n) is 2.67. The molecule has 0 aromatic heterocycles. The van der Waals surface area contributed by atoms with Crippen molar-refractivity contribution in [1.29, 1.82) is 0 Å². The lowest BCUT2D eigenvalue weighted by Gasteiger charge is -2.28. The van der Waals surface area contributed by atoms with E-state index >= 15 is 0 Å². The van der Waals surface area contributed by atoms with Gasteiger partial charge in [0.25, 0.3) is 0 Å². The molecule has 1 aromatic carbocycles. The van der Waals surface area contributed by atoms with Crippen molar-refractivity contribution in [1.82, 2.24) is 10.2 Å². The monoisotopic (exact) mass is 372 g/mol. The van der Waals surface area contributed by atoms with Crippen LogP contribution in [0.4, 0.5) is 4.79 Å². The number of amides is 1. The van der Waals surface area contributed by atoms with E-state index in [1.54, 1.807) is 4.90 Å². The molecule has 25 heavy (non-hydrogen) atoms. The number of hydrogen-bond acceptors (Lipinski definition) is 5. The predicted molar refractivity (Wildman–Crippen MR) is 98.8 cm³/mol. The molecule has 2 fully saturated rings. The van der Waals surface area contributed by atoms with Crippen LogP contribution in [-0.4, -0.2) is 59.6 Å². The largest absolute Gasteiger partial charge is 0.445 e. The van der Waals surface area contributed by atoms with E-state index in [4.69, 9.17) is 9.84 Å². The van der Waals surface area contributed by atoms with Crippen molar-refractivity contribution < 1.29 is 19.7 Å². The maximum atomic E-state index is 11.7. The Bertz CT molecular complexity index is 475. The Labute approximate surface area is 155 Å². The number of nitrogens with one attached hydrogen (secondary N) is 1. The van der Waals surface area contributed by atoms with Gasteiger partial charge in [-0.25, -0.2) is 4.79 Å². The molecule has 6 nitrogen and oxygen atoms in total. The number of carbonyl (C=O) groups is 1. The first-order valence-electron chi connectivity index (χ1n) is 8.67. The van der Waals surface area contributed by atoms with Crippen LogP contribution in [0.1, 0.15) is 31.2 Å². The summed E-state index contributed by atoms with van der Waals surface area (Å²) in [5.41, 5.74) is 0.984. The van der Waals surface area contributed by atoms with E-state index in [9.17, 15) is 9.90 Å². The van der Waals surface area contributed by atoms with E-state index in [-0.39, 0.29) is 30.7 Å². The minimum absolute atomic E-state index is 0. The topological polar surface area (TPSA) is 82.0 Å². The molecule has 2 aliphatic rings. The number of rotatable bonds is 2. The van der Waals surface area contributed by atoms with Crippen LogP contribution in [0.15, 0.2) is 30.3 Å². The van der Waals surface area contributed by atoms with Crippen molar-refractivity contribution >= 4 is 18.5 Å². The maximum absolute atomic E-state index is 11.7. The van der Waals surface area contributed by atoms with E-state index in [2.05, 4.69) is 5.32 Å². The van der Waals surface area contributed by atoms with Crippen LogP contribution in [0.3, 0.4) is 0 Å². The minimum atomic E-state index is -0.291. The molecule has 1 aromatic rings. The minimum Gasteiger partial charge on any atom is -0.445 e. The Morgan fingerprint density at radius 3 is 2.12 bits per heavy atom. The third kappa shape index (κ3) is 8.54. The van der Waals surface area contributed by atoms with Gasteiger partial charge in [0.1, 0.15) is 6.61 Å². The SMILES string of the molecule is Cl.O=C(OCc1ccccc1)N1CCC(O)CC1.OC1CCNCC1. The van der Waals surface area contributed by atoms with Crippen LogP contribution in [0.5, 0.6) is 0 Å². The molecule has 0 atom stereocenters. The van der Waals surface area contributed by atoms with Gasteiger partial charge in [-0.05, 0) is 44.3 Å². The summed E-state index contributed by atoms with van der Waals surface area (Å²) in [7, 11) is 0. The van der Waals surface area contributed by atoms with Gasteiger partial charge in [0.05, 0.1) is 12.2 Å². The van der Waals surface area contributed by atoms with Gasteiger partial charge < -0.3 is 25.2 Å². The standard InChI is InChI=1S/C13H17NO3.C5H11NO.ClH/c15-12-6-8-14(9-7-12)13(16)17-10-11-4-2-1-3-5-11;7-5-1-3-6-4-2-5;/h1-5,12,15H,6-10H2;5-7H,1-4H2;1H. The van der Waals surface area contributed by atoms with Gasteiger partial charge in [0.15, 0.2) is 0 Å². The average Bonchev–Trinajstić information content (AvgIpc) is 2.62. The van der Waals surface area contributed by atoms with E-state index in [0.29, 0.717) is 32.5 Å². The number of nitrogens with zero attached hydrogens (tertiary/aromatic N) is 1. The molecular weight excluding hydrogens is 344 g/mol. The number of halogens is 1. The molecule has 3 rings (SSSR count). The van der Waals surface area contributed by atoms with Gasteiger partial charge in [0, 0.05) is 13.1 Å². The first-order valence-corrected chi connectivity index (χ1v) is 8.67. The van der Waals surface area contributed by atoms with Gasteiger partial charge in [-0.15, -0.1) is 12.4 Å². The highest BCUT2D eigenvalue weighted by Crippen LogP contribution is 2.12. The number of carbonyl (C=O) groups excluding carboxylic acids is 1. The van der Waals surface area contributed by atoms with E-state index in [1.165, 1.54) is 0 Å². The quantitative estimate of drug-likeness (QED) is 0.739. The number of ether oxygens (including phenoxy) is 1. The lowest BCUT2D eigenvalue weighted by molar-refractivity contribution is 0.0560. The number of aliphatic hydroxyl groups excluding tert-OH is 2. The molecule has 0 saturated carbocycles. The van der Waals surface area contributed by atoms with Crippen LogP contribution < -0.4 is 5.32 Å². The van der Waals surface area contributed by atoms with E-state index in [0.717, 1.165) is 31.5 Å². The van der Waals surface area contributed by atoms with Crippen LogP contribution in [0, 0.1) is 0 Å². The summed E-state index contributed by atoms with van der Waals surface area (Å²) in [5, 5.41) is 21.4. The summed E-state index contributed by atoms with van der Waals surface area (Å²) < 4.78 is 5.21. The summed E-state index contributed by atoms with van der Waals surface area (Å²) in [6.07, 6.45) is 2.55. The van der Waals surface area contributed by atoms with Crippen LogP contribution in [0.25, 0.3) is 0 Å². The highest BCUT2D eigenvalue weighted by Gasteiger charge is 2.22. The fourth-order valence-corrected chi connectivity index (χ4v) is 2.67. The summed E-state index contributed by atoms with van der Waals surface area (Å²) in [6.45, 7) is 3.44. The summed E-state index contributed by atoms with van der Waals surface area (Å²) >= 11 is 0. The summed E-state index contributed by atoms with van der Waals surface area (Å²) in [6, 6.07) is 9.61. The zero-order valence-corrected chi connectivity index (χ0v) is 15.3. The Balaban J connectivity index is 0.000000330. The number of benzene rings is 1. The van der Waals surface area contributed by atoms with Gasteiger partial charge in [-0.1, -0.05) is 30.3 Å². The Morgan fingerprint density at radius 2 is 1.60 bits per heavy atom. The summed E-state index contributed by atoms with van der Waals surface area (Å²) in [4.78, 5) is 13.3. The number of likely N-dealkylation sites (tertiary alicyclic amines) is 1.